The minimum absolute atomic E-state index is 0.134. The van der Waals surface area contributed by atoms with Gasteiger partial charge < -0.3 is 14.8 Å². The molecule has 5 rings (SSSR count). The number of aliphatic hydroxyl groups excluding tert-OH is 1. The molecular weight excluding hydrogens is 398 g/mol. The zero-order chi connectivity index (χ0) is 20.7. The highest BCUT2D eigenvalue weighted by molar-refractivity contribution is 7.71. The van der Waals surface area contributed by atoms with E-state index >= 15 is 0 Å². The molecule has 1 fully saturated rings. The monoisotopic (exact) mass is 419 g/mol. The van der Waals surface area contributed by atoms with E-state index in [2.05, 4.69) is 16.0 Å². The summed E-state index contributed by atoms with van der Waals surface area (Å²) >= 11 is 5.14. The van der Waals surface area contributed by atoms with Crippen LogP contribution in [-0.4, -0.2) is 39.0 Å². The van der Waals surface area contributed by atoms with E-state index in [9.17, 15) is 9.90 Å². The predicted octanol–water partition coefficient (Wildman–Crippen LogP) is 3.52. The second-order valence-corrected chi connectivity index (χ2v) is 8.11. The molecule has 2 aromatic heterocycles. The first kappa shape index (κ1) is 19.1. The molecule has 1 saturated heterocycles. The molecule has 0 aliphatic carbocycles. The lowest BCUT2D eigenvalue weighted by atomic mass is 9.96. The maximum absolute atomic E-state index is 13.4. The fourth-order valence-electron chi connectivity index (χ4n) is 4.24. The Morgan fingerprint density at radius 1 is 1.20 bits per heavy atom. The van der Waals surface area contributed by atoms with Gasteiger partial charge in [0.05, 0.1) is 36.0 Å². The first-order chi connectivity index (χ1) is 14.6. The lowest BCUT2D eigenvalue weighted by molar-refractivity contribution is -0.0395. The standard InChI is InChI=1S/C23H21N3O3S/c27-20-12-29-8-7-19(20)26-13-25-22-17-4-2-1-3-16(17)15(10-18(22)23(26)28)9-14-5-6-21(30)24-11-14/h1-6,10-11,13,19-20,27H,7-9,12H2,(H,24,30)/t19-,20-/m0/s1. The van der Waals surface area contributed by atoms with E-state index in [-0.39, 0.29) is 18.2 Å². The fraction of sp³-hybridized carbons (Fsp3) is 0.261. The maximum atomic E-state index is 13.4. The minimum Gasteiger partial charge on any atom is -0.389 e. The first-order valence-corrected chi connectivity index (χ1v) is 10.4. The van der Waals surface area contributed by atoms with Gasteiger partial charge in [-0.2, -0.15) is 0 Å². The van der Waals surface area contributed by atoms with E-state index in [1.165, 1.54) is 0 Å². The largest absolute Gasteiger partial charge is 0.389 e. The molecule has 7 heteroatoms. The summed E-state index contributed by atoms with van der Waals surface area (Å²) in [4.78, 5) is 21.1. The SMILES string of the molecule is O=c1c2cc(Cc3ccc(=S)[nH]c3)c3ccccc3c2ncn1[C@H]1CCOC[C@@H]1O. The zero-order valence-electron chi connectivity index (χ0n) is 16.2. The summed E-state index contributed by atoms with van der Waals surface area (Å²) in [5, 5.41) is 12.9. The van der Waals surface area contributed by atoms with Crippen LogP contribution in [0, 0.1) is 4.64 Å². The summed E-state index contributed by atoms with van der Waals surface area (Å²) < 4.78 is 7.56. The van der Waals surface area contributed by atoms with Crippen LogP contribution in [0.3, 0.4) is 0 Å². The Labute approximate surface area is 177 Å². The smallest absolute Gasteiger partial charge is 0.261 e. The van der Waals surface area contributed by atoms with E-state index in [1.54, 1.807) is 10.9 Å². The predicted molar refractivity (Wildman–Crippen MR) is 118 cm³/mol. The van der Waals surface area contributed by atoms with Crippen LogP contribution in [0.4, 0.5) is 0 Å². The molecule has 2 atom stereocenters. The molecular formula is C23H21N3O3S. The van der Waals surface area contributed by atoms with Crippen molar-refractivity contribution < 1.29 is 9.84 Å². The van der Waals surface area contributed by atoms with Crippen LogP contribution in [0.25, 0.3) is 21.7 Å². The van der Waals surface area contributed by atoms with Gasteiger partial charge in [0.2, 0.25) is 0 Å². The van der Waals surface area contributed by atoms with Crippen LogP contribution >= 0.6 is 12.2 Å². The number of nitrogens with zero attached hydrogens (tertiary/aromatic N) is 2. The Hall–Kier alpha value is -2.87. The molecule has 4 aromatic rings. The van der Waals surface area contributed by atoms with Crippen LogP contribution in [0.2, 0.25) is 0 Å². The number of rotatable bonds is 3. The van der Waals surface area contributed by atoms with Crippen LogP contribution < -0.4 is 5.56 Å². The lowest BCUT2D eigenvalue weighted by Gasteiger charge is -2.29. The Morgan fingerprint density at radius 3 is 2.80 bits per heavy atom. The van der Waals surface area contributed by atoms with Gasteiger partial charge in [-0.15, -0.1) is 0 Å². The topological polar surface area (TPSA) is 80.1 Å². The first-order valence-electron chi connectivity index (χ1n) is 9.97. The van der Waals surface area contributed by atoms with Crippen molar-refractivity contribution in [2.45, 2.75) is 25.0 Å². The quantitative estimate of drug-likeness (QED) is 0.392. The molecule has 30 heavy (non-hydrogen) atoms. The van der Waals surface area contributed by atoms with E-state index in [1.807, 2.05) is 42.6 Å². The second kappa shape index (κ2) is 7.75. The Morgan fingerprint density at radius 2 is 2.03 bits per heavy atom. The van der Waals surface area contributed by atoms with Crippen LogP contribution in [0.15, 0.2) is 59.8 Å². The van der Waals surface area contributed by atoms with Gasteiger partial charge >= 0.3 is 0 Å². The van der Waals surface area contributed by atoms with Gasteiger partial charge in [-0.1, -0.05) is 42.5 Å². The van der Waals surface area contributed by atoms with Gasteiger partial charge in [0.15, 0.2) is 0 Å². The molecule has 0 saturated carbocycles. The number of H-pyrrole nitrogens is 1. The van der Waals surface area contributed by atoms with Gasteiger partial charge in [-0.05, 0) is 41.5 Å². The highest BCUT2D eigenvalue weighted by Crippen LogP contribution is 2.28. The average Bonchev–Trinajstić information content (AvgIpc) is 2.77. The normalized spacial score (nSPS) is 19.4. The third kappa shape index (κ3) is 3.35. The zero-order valence-corrected chi connectivity index (χ0v) is 17.1. The maximum Gasteiger partial charge on any atom is 0.261 e. The number of benzene rings is 2. The number of pyridine rings is 1. The summed E-state index contributed by atoms with van der Waals surface area (Å²) in [5.41, 5.74) is 2.68. The second-order valence-electron chi connectivity index (χ2n) is 7.67. The highest BCUT2D eigenvalue weighted by Gasteiger charge is 2.27. The van der Waals surface area contributed by atoms with Crippen molar-refractivity contribution in [1.29, 1.82) is 0 Å². The number of hydrogen-bond acceptors (Lipinski definition) is 5. The number of aromatic amines is 1. The summed E-state index contributed by atoms with van der Waals surface area (Å²) in [6.45, 7) is 0.748. The van der Waals surface area contributed by atoms with Crippen molar-refractivity contribution in [2.24, 2.45) is 0 Å². The number of aromatic nitrogens is 3. The summed E-state index contributed by atoms with van der Waals surface area (Å²) in [7, 11) is 0. The molecule has 3 heterocycles. The number of aliphatic hydroxyl groups is 1. The lowest BCUT2D eigenvalue weighted by Crippen LogP contribution is -2.39. The fourth-order valence-corrected chi connectivity index (χ4v) is 4.37. The van der Waals surface area contributed by atoms with E-state index < -0.39 is 6.10 Å². The highest BCUT2D eigenvalue weighted by atomic mass is 32.1. The summed E-state index contributed by atoms with van der Waals surface area (Å²) in [6.07, 6.45) is 3.99. The number of ether oxygens (including phenoxy) is 1. The Kier molecular flexibility index (Phi) is 4.94. The molecule has 0 unspecified atom stereocenters. The molecule has 1 aliphatic rings. The third-order valence-corrected chi connectivity index (χ3v) is 6.02. The van der Waals surface area contributed by atoms with Gasteiger partial charge in [-0.3, -0.25) is 9.36 Å². The van der Waals surface area contributed by atoms with Crippen molar-refractivity contribution in [3.63, 3.8) is 0 Å². The molecule has 0 spiro atoms. The Bertz CT molecular complexity index is 1340. The molecule has 0 bridgehead atoms. The van der Waals surface area contributed by atoms with Gasteiger partial charge in [0.25, 0.3) is 5.56 Å². The summed E-state index contributed by atoms with van der Waals surface area (Å²) in [6, 6.07) is 13.5. The molecule has 152 valence electrons. The van der Waals surface area contributed by atoms with E-state index in [4.69, 9.17) is 17.0 Å². The van der Waals surface area contributed by atoms with Gasteiger partial charge in [-0.25, -0.2) is 4.98 Å². The van der Waals surface area contributed by atoms with Crippen molar-refractivity contribution in [3.8, 4) is 0 Å². The van der Waals surface area contributed by atoms with Crippen LogP contribution in [-0.2, 0) is 11.2 Å². The summed E-state index contributed by atoms with van der Waals surface area (Å²) in [5.74, 6) is 0. The van der Waals surface area contributed by atoms with Gasteiger partial charge in [0.1, 0.15) is 4.64 Å². The molecule has 6 nitrogen and oxygen atoms in total. The average molecular weight is 420 g/mol. The minimum atomic E-state index is -0.719. The molecule has 0 amide bonds. The van der Waals surface area contributed by atoms with Crippen molar-refractivity contribution in [1.82, 2.24) is 14.5 Å². The van der Waals surface area contributed by atoms with E-state index in [0.29, 0.717) is 35.0 Å². The molecule has 2 N–H and O–H groups in total. The van der Waals surface area contributed by atoms with Crippen molar-refractivity contribution in [2.75, 3.05) is 13.2 Å². The van der Waals surface area contributed by atoms with Crippen LogP contribution in [0.5, 0.6) is 0 Å². The van der Waals surface area contributed by atoms with E-state index in [0.717, 1.165) is 21.9 Å². The van der Waals surface area contributed by atoms with Crippen LogP contribution in [0.1, 0.15) is 23.6 Å². The van der Waals surface area contributed by atoms with Crippen molar-refractivity contribution >= 4 is 33.9 Å². The van der Waals surface area contributed by atoms with Crippen molar-refractivity contribution in [3.05, 3.63) is 81.1 Å². The Balaban J connectivity index is 1.71. The molecule has 2 aromatic carbocycles. The number of hydrogen-bond donors (Lipinski definition) is 2. The molecule has 1 aliphatic heterocycles. The third-order valence-electron chi connectivity index (χ3n) is 5.77. The number of fused-ring (bicyclic) bond motifs is 3. The van der Waals surface area contributed by atoms with Gasteiger partial charge in [0, 0.05) is 18.2 Å². The molecule has 0 radical (unpaired) electrons. The number of nitrogens with one attached hydrogen (secondary N) is 1.